The van der Waals surface area contributed by atoms with Crippen molar-refractivity contribution in [2.24, 2.45) is 0 Å². The lowest BCUT2D eigenvalue weighted by Gasteiger charge is -2.11. The predicted molar refractivity (Wildman–Crippen MR) is 108 cm³/mol. The van der Waals surface area contributed by atoms with Crippen LogP contribution in [0, 0.1) is 34.6 Å². The number of hydrogen-bond donors (Lipinski definition) is 1. The molecule has 0 bridgehead atoms. The summed E-state index contributed by atoms with van der Waals surface area (Å²) >= 11 is 0. The van der Waals surface area contributed by atoms with Crippen LogP contribution < -0.4 is 5.73 Å². The average Bonchev–Trinajstić information content (AvgIpc) is 3.07. The number of carbonyl (C=O) groups excluding carboxylic acids is 1. The Morgan fingerprint density at radius 1 is 0.938 bits per heavy atom. The molecular formula is C23H12F4N4O. The van der Waals surface area contributed by atoms with Crippen molar-refractivity contribution >= 4 is 22.8 Å². The molecule has 2 aromatic heterocycles. The molecule has 0 fully saturated rings. The van der Waals surface area contributed by atoms with Gasteiger partial charge in [-0.25, -0.2) is 22.5 Å². The van der Waals surface area contributed by atoms with E-state index in [9.17, 15) is 22.4 Å². The Morgan fingerprint density at radius 2 is 1.50 bits per heavy atom. The van der Waals surface area contributed by atoms with Gasteiger partial charge in [0.1, 0.15) is 34.6 Å². The molecule has 4 aromatic rings. The highest BCUT2D eigenvalue weighted by molar-refractivity contribution is 6.11. The summed E-state index contributed by atoms with van der Waals surface area (Å²) in [6.45, 7) is 0. The zero-order valence-corrected chi connectivity index (χ0v) is 16.1. The minimum atomic E-state index is -1.08. The molecule has 158 valence electrons. The highest BCUT2D eigenvalue weighted by Crippen LogP contribution is 2.30. The molecule has 32 heavy (non-hydrogen) atoms. The van der Waals surface area contributed by atoms with E-state index >= 15 is 0 Å². The Kier molecular flexibility index (Phi) is 5.20. The van der Waals surface area contributed by atoms with Crippen LogP contribution in [0.25, 0.3) is 11.2 Å². The zero-order chi connectivity index (χ0) is 23.0. The first-order valence-electron chi connectivity index (χ1n) is 9.14. The van der Waals surface area contributed by atoms with Gasteiger partial charge >= 0.3 is 0 Å². The topological polar surface area (TPSA) is 84.2 Å². The number of nitrogens with zero attached hydrogens (tertiary/aromatic N) is 3. The Hall–Kier alpha value is -4.45. The summed E-state index contributed by atoms with van der Waals surface area (Å²) in [4.78, 5) is 17.0. The Morgan fingerprint density at radius 3 is 2.06 bits per heavy atom. The second kappa shape index (κ2) is 8.00. The van der Waals surface area contributed by atoms with Crippen LogP contribution in [0.3, 0.4) is 0 Å². The van der Waals surface area contributed by atoms with Crippen molar-refractivity contribution < 1.29 is 22.4 Å². The first kappa shape index (κ1) is 20.8. The monoisotopic (exact) mass is 436 g/mol. The van der Waals surface area contributed by atoms with E-state index in [2.05, 4.69) is 4.98 Å². The number of pyridine rings is 1. The number of hydrogen-bond acceptors (Lipinski definition) is 4. The average molecular weight is 436 g/mol. The Balaban J connectivity index is 1.95. The van der Waals surface area contributed by atoms with Crippen molar-refractivity contribution in [3.63, 3.8) is 0 Å². The van der Waals surface area contributed by atoms with Crippen LogP contribution in [0.2, 0.25) is 0 Å². The van der Waals surface area contributed by atoms with E-state index < -0.39 is 40.2 Å². The number of nitriles is 1. The van der Waals surface area contributed by atoms with Gasteiger partial charge in [0.2, 0.25) is 5.78 Å². The van der Waals surface area contributed by atoms with Gasteiger partial charge in [0.05, 0.1) is 17.2 Å². The van der Waals surface area contributed by atoms with E-state index in [1.807, 2.05) is 0 Å². The number of aromatic nitrogens is 2. The van der Waals surface area contributed by atoms with Crippen LogP contribution in [0.15, 0.2) is 60.8 Å². The lowest BCUT2D eigenvalue weighted by Crippen LogP contribution is -2.12. The van der Waals surface area contributed by atoms with Crippen molar-refractivity contribution in [2.75, 3.05) is 5.73 Å². The van der Waals surface area contributed by atoms with Crippen LogP contribution in [-0.4, -0.2) is 15.2 Å². The first-order valence-corrected chi connectivity index (χ1v) is 9.14. The number of allylic oxidation sites excluding steroid dienone is 1. The maximum Gasteiger partial charge on any atom is 0.219 e. The van der Waals surface area contributed by atoms with Crippen LogP contribution in [0.1, 0.15) is 27.2 Å². The number of benzene rings is 2. The summed E-state index contributed by atoms with van der Waals surface area (Å²) in [7, 11) is 0. The van der Waals surface area contributed by atoms with Crippen molar-refractivity contribution in [3.05, 3.63) is 106 Å². The van der Waals surface area contributed by atoms with Crippen LogP contribution in [-0.2, 0) is 0 Å². The molecule has 0 unspecified atom stereocenters. The number of anilines is 1. The molecule has 4 rings (SSSR count). The zero-order valence-electron chi connectivity index (χ0n) is 16.1. The van der Waals surface area contributed by atoms with Crippen molar-refractivity contribution in [2.45, 2.75) is 0 Å². The molecule has 2 heterocycles. The molecule has 2 N–H and O–H groups in total. The van der Waals surface area contributed by atoms with E-state index in [-0.39, 0.29) is 28.3 Å². The van der Waals surface area contributed by atoms with Gasteiger partial charge in [-0.05, 0) is 36.4 Å². The third-order valence-corrected chi connectivity index (χ3v) is 4.80. The molecule has 0 aliphatic rings. The summed E-state index contributed by atoms with van der Waals surface area (Å²) in [5.41, 5.74) is 4.43. The summed E-state index contributed by atoms with van der Waals surface area (Å²) in [5, 5.41) is 9.16. The molecule has 0 radical (unpaired) electrons. The van der Waals surface area contributed by atoms with Gasteiger partial charge in [-0.15, -0.1) is 0 Å². The minimum absolute atomic E-state index is 0.104. The Labute approximate surface area is 178 Å². The molecule has 5 nitrogen and oxygen atoms in total. The molecule has 0 spiro atoms. The second-order valence-corrected chi connectivity index (χ2v) is 6.70. The Bertz CT molecular complexity index is 1430. The van der Waals surface area contributed by atoms with Crippen LogP contribution in [0.4, 0.5) is 23.4 Å². The summed E-state index contributed by atoms with van der Waals surface area (Å²) in [5.74, 6) is -5.33. The normalized spacial score (nSPS) is 11.5. The third-order valence-electron chi connectivity index (χ3n) is 4.80. The molecule has 2 aromatic carbocycles. The fourth-order valence-corrected chi connectivity index (χ4v) is 3.40. The molecule has 0 atom stereocenters. The van der Waals surface area contributed by atoms with E-state index in [4.69, 9.17) is 11.0 Å². The minimum Gasteiger partial charge on any atom is -0.382 e. The largest absolute Gasteiger partial charge is 0.382 e. The molecular weight excluding hydrogens is 424 g/mol. The van der Waals surface area contributed by atoms with E-state index in [1.165, 1.54) is 24.4 Å². The van der Waals surface area contributed by atoms with Gasteiger partial charge in [0.25, 0.3) is 0 Å². The highest BCUT2D eigenvalue weighted by Gasteiger charge is 2.25. The second-order valence-electron chi connectivity index (χ2n) is 6.70. The van der Waals surface area contributed by atoms with Crippen LogP contribution >= 0.6 is 0 Å². The summed E-state index contributed by atoms with van der Waals surface area (Å²) < 4.78 is 58.3. The fourth-order valence-electron chi connectivity index (χ4n) is 3.40. The van der Waals surface area contributed by atoms with Gasteiger partial charge in [-0.1, -0.05) is 12.1 Å². The summed E-state index contributed by atoms with van der Waals surface area (Å²) in [6, 6.07) is 10.8. The quantitative estimate of drug-likeness (QED) is 0.287. The number of ketones is 1. The van der Waals surface area contributed by atoms with Crippen molar-refractivity contribution in [1.29, 1.82) is 5.26 Å². The van der Waals surface area contributed by atoms with Crippen LogP contribution in [0.5, 0.6) is 0 Å². The number of halogens is 4. The van der Waals surface area contributed by atoms with Crippen molar-refractivity contribution in [3.8, 4) is 6.07 Å². The van der Waals surface area contributed by atoms with E-state index in [0.717, 1.165) is 40.8 Å². The standard InChI is InChI=1S/C23H12F4N4O/c24-14-3-1-4-15(25)19(14)13(9-10-28)12-7-8-18-30-23(29)21(31(18)11-12)22(32)20-16(26)5-2-6-17(20)27/h1-9,11H,29H2/b13-9+. The van der Waals surface area contributed by atoms with Gasteiger partial charge < -0.3 is 5.73 Å². The number of imidazole rings is 1. The van der Waals surface area contributed by atoms with E-state index in [1.54, 1.807) is 6.07 Å². The summed E-state index contributed by atoms with van der Waals surface area (Å²) in [6.07, 6.45) is 2.21. The molecule has 0 aliphatic heterocycles. The third kappa shape index (κ3) is 3.37. The lowest BCUT2D eigenvalue weighted by molar-refractivity contribution is 0.102. The number of nitrogen functional groups attached to an aromatic ring is 1. The van der Waals surface area contributed by atoms with Gasteiger partial charge in [0, 0.05) is 23.4 Å². The first-order chi connectivity index (χ1) is 15.3. The predicted octanol–water partition coefficient (Wildman–Crippen LogP) is 4.66. The van der Waals surface area contributed by atoms with Crippen molar-refractivity contribution in [1.82, 2.24) is 9.38 Å². The van der Waals surface area contributed by atoms with E-state index in [0.29, 0.717) is 0 Å². The lowest BCUT2D eigenvalue weighted by atomic mass is 9.98. The number of carbonyl (C=O) groups is 1. The molecule has 0 saturated heterocycles. The SMILES string of the molecule is N#C/C=C(\c1ccc2nc(N)c(C(=O)c3c(F)cccc3F)n2c1)c1c(F)cccc1F. The maximum absolute atomic E-state index is 14.4. The molecule has 0 saturated carbocycles. The fraction of sp³-hybridized carbons (Fsp3) is 0. The number of fused-ring (bicyclic) bond motifs is 1. The highest BCUT2D eigenvalue weighted by atomic mass is 19.1. The number of rotatable bonds is 4. The molecule has 0 amide bonds. The maximum atomic E-state index is 14.4. The van der Waals surface area contributed by atoms with Gasteiger partial charge in [0.15, 0.2) is 5.82 Å². The smallest absolute Gasteiger partial charge is 0.219 e. The molecule has 9 heteroatoms. The van der Waals surface area contributed by atoms with Gasteiger partial charge in [-0.3, -0.25) is 9.20 Å². The number of nitrogens with two attached hydrogens (primary N) is 1. The van der Waals surface area contributed by atoms with Gasteiger partial charge in [-0.2, -0.15) is 5.26 Å². The molecule has 0 aliphatic carbocycles.